The summed E-state index contributed by atoms with van der Waals surface area (Å²) >= 11 is 3.15. The van der Waals surface area contributed by atoms with Crippen molar-refractivity contribution in [2.24, 2.45) is 0 Å². The van der Waals surface area contributed by atoms with Crippen LogP contribution in [0.15, 0.2) is 45.5 Å². The van der Waals surface area contributed by atoms with Gasteiger partial charge in [-0.25, -0.2) is 4.79 Å². The van der Waals surface area contributed by atoms with Gasteiger partial charge in [-0.3, -0.25) is 0 Å². The number of hydrogen-bond donors (Lipinski definition) is 0. The van der Waals surface area contributed by atoms with Gasteiger partial charge in [0.2, 0.25) is 5.76 Å². The van der Waals surface area contributed by atoms with E-state index in [-0.39, 0.29) is 5.76 Å². The summed E-state index contributed by atoms with van der Waals surface area (Å²) in [6, 6.07) is 10.2. The largest absolute Gasteiger partial charge is 0.494 e. The van der Waals surface area contributed by atoms with Gasteiger partial charge in [-0.1, -0.05) is 32.6 Å². The Labute approximate surface area is 144 Å². The molecule has 2 aromatic rings. The summed E-state index contributed by atoms with van der Waals surface area (Å²) < 4.78 is 16.5. The number of hydrogen-bond acceptors (Lipinski definition) is 4. The summed E-state index contributed by atoms with van der Waals surface area (Å²) in [5.41, 5.74) is 0. The molecule has 0 saturated heterocycles. The lowest BCUT2D eigenvalue weighted by atomic mass is 10.2. The number of unbranched alkanes of at least 4 members (excludes halogenated alkanes) is 4. The minimum absolute atomic E-state index is 0.157. The molecular formula is C18H21BrO4. The lowest BCUT2D eigenvalue weighted by Gasteiger charge is -2.07. The van der Waals surface area contributed by atoms with Crippen molar-refractivity contribution in [2.75, 3.05) is 6.61 Å². The lowest BCUT2D eigenvalue weighted by Crippen LogP contribution is -2.07. The third-order valence-electron chi connectivity index (χ3n) is 3.33. The second kappa shape index (κ2) is 9.40. The van der Waals surface area contributed by atoms with Crippen molar-refractivity contribution in [2.45, 2.75) is 39.0 Å². The Bertz CT molecular complexity index is 604. The summed E-state index contributed by atoms with van der Waals surface area (Å²) in [5, 5.41) is 0. The number of furan rings is 1. The molecule has 0 fully saturated rings. The summed E-state index contributed by atoms with van der Waals surface area (Å²) in [4.78, 5) is 11.8. The molecule has 0 aliphatic heterocycles. The van der Waals surface area contributed by atoms with Crippen LogP contribution < -0.4 is 9.47 Å². The van der Waals surface area contributed by atoms with Crippen LogP contribution in [0.2, 0.25) is 0 Å². The highest BCUT2D eigenvalue weighted by Crippen LogP contribution is 2.20. The van der Waals surface area contributed by atoms with Gasteiger partial charge < -0.3 is 13.9 Å². The Morgan fingerprint density at radius 3 is 2.35 bits per heavy atom. The second-order valence-electron chi connectivity index (χ2n) is 5.23. The smallest absolute Gasteiger partial charge is 0.379 e. The van der Waals surface area contributed by atoms with E-state index in [4.69, 9.17) is 13.9 Å². The molecule has 124 valence electrons. The first-order chi connectivity index (χ1) is 11.2. The van der Waals surface area contributed by atoms with Crippen molar-refractivity contribution < 1.29 is 18.7 Å². The molecule has 0 unspecified atom stereocenters. The van der Waals surface area contributed by atoms with Gasteiger partial charge in [0.25, 0.3) is 0 Å². The van der Waals surface area contributed by atoms with Crippen LogP contribution in [0, 0.1) is 0 Å². The molecule has 1 heterocycles. The highest BCUT2D eigenvalue weighted by molar-refractivity contribution is 9.10. The zero-order valence-corrected chi connectivity index (χ0v) is 14.8. The predicted octanol–water partition coefficient (Wildman–Crippen LogP) is 5.61. The molecule has 0 amide bonds. The first-order valence-electron chi connectivity index (χ1n) is 7.89. The molecule has 0 atom stereocenters. The van der Waals surface area contributed by atoms with Crippen molar-refractivity contribution in [1.82, 2.24) is 0 Å². The van der Waals surface area contributed by atoms with Crippen LogP contribution in [0.3, 0.4) is 0 Å². The summed E-state index contributed by atoms with van der Waals surface area (Å²) in [6.45, 7) is 2.92. The number of rotatable bonds is 9. The Balaban J connectivity index is 1.75. The van der Waals surface area contributed by atoms with Crippen molar-refractivity contribution in [3.63, 3.8) is 0 Å². The van der Waals surface area contributed by atoms with Crippen LogP contribution in [-0.4, -0.2) is 12.6 Å². The van der Waals surface area contributed by atoms with Crippen LogP contribution in [0.5, 0.6) is 11.5 Å². The van der Waals surface area contributed by atoms with Crippen molar-refractivity contribution in [3.8, 4) is 11.5 Å². The number of benzene rings is 1. The molecule has 1 aromatic carbocycles. The van der Waals surface area contributed by atoms with E-state index in [1.807, 2.05) is 0 Å². The number of carbonyl (C=O) groups excluding carboxylic acids is 1. The van der Waals surface area contributed by atoms with Crippen molar-refractivity contribution >= 4 is 21.9 Å². The Kier molecular flexibility index (Phi) is 7.20. The minimum Gasteiger partial charge on any atom is -0.494 e. The van der Waals surface area contributed by atoms with E-state index in [0.717, 1.165) is 12.2 Å². The highest BCUT2D eigenvalue weighted by atomic mass is 79.9. The summed E-state index contributed by atoms with van der Waals surface area (Å²) in [6.07, 6.45) is 6.05. The van der Waals surface area contributed by atoms with E-state index in [1.54, 1.807) is 36.4 Å². The zero-order valence-electron chi connectivity index (χ0n) is 13.2. The summed E-state index contributed by atoms with van der Waals surface area (Å²) in [5.74, 6) is 0.864. The first kappa shape index (κ1) is 17.6. The number of esters is 1. The Morgan fingerprint density at radius 2 is 1.70 bits per heavy atom. The predicted molar refractivity (Wildman–Crippen MR) is 92.1 cm³/mol. The minimum atomic E-state index is -0.528. The maximum Gasteiger partial charge on any atom is 0.379 e. The zero-order chi connectivity index (χ0) is 16.5. The lowest BCUT2D eigenvalue weighted by molar-refractivity contribution is 0.0700. The number of carbonyl (C=O) groups is 1. The average Bonchev–Trinajstić information content (AvgIpc) is 2.99. The fourth-order valence-corrected chi connectivity index (χ4v) is 2.39. The van der Waals surface area contributed by atoms with Gasteiger partial charge in [0.15, 0.2) is 4.67 Å². The highest BCUT2D eigenvalue weighted by Gasteiger charge is 2.13. The van der Waals surface area contributed by atoms with Crippen LogP contribution in [0.25, 0.3) is 0 Å². The van der Waals surface area contributed by atoms with Crippen molar-refractivity contribution in [1.29, 1.82) is 0 Å². The van der Waals surface area contributed by atoms with E-state index in [0.29, 0.717) is 17.0 Å². The Hall–Kier alpha value is -1.75. The maximum absolute atomic E-state index is 11.8. The molecule has 1 aromatic heterocycles. The molecule has 0 saturated carbocycles. The van der Waals surface area contributed by atoms with Gasteiger partial charge in [-0.15, -0.1) is 0 Å². The quantitative estimate of drug-likeness (QED) is 0.322. The second-order valence-corrected chi connectivity index (χ2v) is 6.01. The SMILES string of the molecule is CCCCCCCOc1ccc(OC(=O)c2ccc(Br)o2)cc1. The van der Waals surface area contributed by atoms with Gasteiger partial charge in [0.05, 0.1) is 6.61 Å². The Morgan fingerprint density at radius 1 is 1.00 bits per heavy atom. The third-order valence-corrected chi connectivity index (χ3v) is 3.75. The molecule has 23 heavy (non-hydrogen) atoms. The molecule has 0 radical (unpaired) electrons. The van der Waals surface area contributed by atoms with Gasteiger partial charge in [-0.2, -0.15) is 0 Å². The van der Waals surface area contributed by atoms with Gasteiger partial charge in [-0.05, 0) is 58.7 Å². The van der Waals surface area contributed by atoms with E-state index in [1.165, 1.54) is 25.7 Å². The van der Waals surface area contributed by atoms with Gasteiger partial charge >= 0.3 is 5.97 Å². The standard InChI is InChI=1S/C18H21BrO4/c1-2-3-4-5-6-13-21-14-7-9-15(10-8-14)22-18(20)16-11-12-17(19)23-16/h7-12H,2-6,13H2,1H3. The van der Waals surface area contributed by atoms with E-state index in [9.17, 15) is 4.79 Å². The fourth-order valence-electron chi connectivity index (χ4n) is 2.08. The molecule has 5 heteroatoms. The molecular weight excluding hydrogens is 360 g/mol. The number of ether oxygens (including phenoxy) is 2. The van der Waals surface area contributed by atoms with E-state index in [2.05, 4.69) is 22.9 Å². The van der Waals surface area contributed by atoms with Crippen LogP contribution in [0.4, 0.5) is 0 Å². The summed E-state index contributed by atoms with van der Waals surface area (Å²) in [7, 11) is 0. The number of halogens is 1. The molecule has 0 aliphatic rings. The molecule has 0 bridgehead atoms. The van der Waals surface area contributed by atoms with Crippen LogP contribution in [0.1, 0.15) is 49.6 Å². The topological polar surface area (TPSA) is 48.7 Å². The normalized spacial score (nSPS) is 10.5. The van der Waals surface area contributed by atoms with Gasteiger partial charge in [0, 0.05) is 0 Å². The molecule has 4 nitrogen and oxygen atoms in total. The maximum atomic E-state index is 11.8. The fraction of sp³-hybridized carbons (Fsp3) is 0.389. The van der Waals surface area contributed by atoms with E-state index < -0.39 is 5.97 Å². The van der Waals surface area contributed by atoms with Crippen LogP contribution >= 0.6 is 15.9 Å². The third kappa shape index (κ3) is 6.10. The first-order valence-corrected chi connectivity index (χ1v) is 8.68. The van der Waals surface area contributed by atoms with Crippen molar-refractivity contribution in [3.05, 3.63) is 46.8 Å². The molecule has 0 spiro atoms. The molecule has 2 rings (SSSR count). The monoisotopic (exact) mass is 380 g/mol. The van der Waals surface area contributed by atoms with Gasteiger partial charge in [0.1, 0.15) is 11.5 Å². The molecule has 0 N–H and O–H groups in total. The van der Waals surface area contributed by atoms with E-state index >= 15 is 0 Å². The molecule has 0 aliphatic carbocycles. The average molecular weight is 381 g/mol. The van der Waals surface area contributed by atoms with Crippen LogP contribution in [-0.2, 0) is 0 Å².